The topological polar surface area (TPSA) is 100 Å². The predicted octanol–water partition coefficient (Wildman–Crippen LogP) is 3.33. The van der Waals surface area contributed by atoms with Crippen molar-refractivity contribution in [2.24, 2.45) is 5.73 Å². The Hall–Kier alpha value is -3.07. The Bertz CT molecular complexity index is 1120. The zero-order chi connectivity index (χ0) is 23.6. The van der Waals surface area contributed by atoms with Gasteiger partial charge in [0.25, 0.3) is 0 Å². The lowest BCUT2D eigenvalue weighted by Crippen LogP contribution is -2.36. The lowest BCUT2D eigenvalue weighted by Gasteiger charge is -2.30. The van der Waals surface area contributed by atoms with E-state index in [2.05, 4.69) is 49.0 Å². The van der Waals surface area contributed by atoms with Crippen molar-refractivity contribution in [3.63, 3.8) is 0 Å². The van der Waals surface area contributed by atoms with Crippen LogP contribution in [0.2, 0.25) is 0 Å². The van der Waals surface area contributed by atoms with Crippen LogP contribution in [0.15, 0.2) is 24.4 Å². The highest BCUT2D eigenvalue weighted by molar-refractivity contribution is 5.94. The summed E-state index contributed by atoms with van der Waals surface area (Å²) in [4.78, 5) is 19.0. The fraction of sp³-hybridized carbons (Fsp3) is 0.542. The number of aromatic nitrogens is 4. The summed E-state index contributed by atoms with van der Waals surface area (Å²) in [6.07, 6.45) is 4.83. The normalized spacial score (nSPS) is 14.7. The number of carbonyl (C=O) groups is 1. The molecule has 4 rings (SSSR count). The number of imidazole rings is 1. The highest BCUT2D eigenvalue weighted by atomic mass is 16.5. The molecule has 0 atom stereocenters. The van der Waals surface area contributed by atoms with Gasteiger partial charge >= 0.3 is 12.0 Å². The molecule has 1 amide bonds. The maximum atomic E-state index is 12.1. The number of anilines is 1. The molecule has 1 aliphatic rings. The summed E-state index contributed by atoms with van der Waals surface area (Å²) in [7, 11) is 1.50. The van der Waals surface area contributed by atoms with E-state index in [1.165, 1.54) is 11.7 Å². The first-order chi connectivity index (χ1) is 15.8. The van der Waals surface area contributed by atoms with Gasteiger partial charge in [-0.25, -0.2) is 9.36 Å². The van der Waals surface area contributed by atoms with Crippen LogP contribution >= 0.6 is 0 Å². The minimum atomic E-state index is -0.604. The van der Waals surface area contributed by atoms with E-state index in [0.29, 0.717) is 18.7 Å². The van der Waals surface area contributed by atoms with Gasteiger partial charge < -0.3 is 20.1 Å². The van der Waals surface area contributed by atoms with Gasteiger partial charge in [-0.05, 0) is 37.5 Å². The zero-order valence-corrected chi connectivity index (χ0v) is 20.0. The molecule has 2 N–H and O–H groups in total. The van der Waals surface area contributed by atoms with Gasteiger partial charge in [0, 0.05) is 42.5 Å². The first-order valence-electron chi connectivity index (χ1n) is 11.5. The highest BCUT2D eigenvalue weighted by Crippen LogP contribution is 2.33. The van der Waals surface area contributed by atoms with E-state index in [9.17, 15) is 4.79 Å². The van der Waals surface area contributed by atoms with Crippen molar-refractivity contribution in [2.45, 2.75) is 52.0 Å². The summed E-state index contributed by atoms with van der Waals surface area (Å²) in [5.74, 6) is 0. The van der Waals surface area contributed by atoms with Crippen molar-refractivity contribution in [3.8, 4) is 6.01 Å². The number of carbonyl (C=O) groups excluding carboxylic acids is 1. The van der Waals surface area contributed by atoms with E-state index in [4.69, 9.17) is 20.3 Å². The van der Waals surface area contributed by atoms with E-state index in [0.717, 1.165) is 61.4 Å². The van der Waals surface area contributed by atoms with Crippen molar-refractivity contribution in [3.05, 3.63) is 35.7 Å². The van der Waals surface area contributed by atoms with E-state index in [-0.39, 0.29) is 11.4 Å². The van der Waals surface area contributed by atoms with Crippen LogP contribution in [0.5, 0.6) is 6.01 Å². The van der Waals surface area contributed by atoms with Gasteiger partial charge in [-0.15, -0.1) is 0 Å². The van der Waals surface area contributed by atoms with Crippen LogP contribution in [-0.2, 0) is 23.1 Å². The minimum absolute atomic E-state index is 0.0479. The number of fused-ring (bicyclic) bond motifs is 1. The summed E-state index contributed by atoms with van der Waals surface area (Å²) in [6.45, 7) is 10.4. The van der Waals surface area contributed by atoms with Crippen molar-refractivity contribution in [1.29, 1.82) is 0 Å². The van der Waals surface area contributed by atoms with Gasteiger partial charge in [-0.2, -0.15) is 10.1 Å². The number of hydrogen-bond donors (Lipinski definition) is 1. The second-order valence-electron chi connectivity index (χ2n) is 9.47. The molecule has 0 spiro atoms. The fourth-order valence-corrected chi connectivity index (χ4v) is 4.33. The molecule has 178 valence electrons. The van der Waals surface area contributed by atoms with Crippen LogP contribution in [0.25, 0.3) is 11.0 Å². The first kappa shape index (κ1) is 23.1. The smallest absolute Gasteiger partial charge is 0.327 e. The van der Waals surface area contributed by atoms with Crippen molar-refractivity contribution in [1.82, 2.24) is 19.3 Å². The van der Waals surface area contributed by atoms with Gasteiger partial charge in [0.1, 0.15) is 0 Å². The Morgan fingerprint density at radius 3 is 2.58 bits per heavy atom. The number of nitrogens with zero attached hydrogens (tertiary/aromatic N) is 5. The Morgan fingerprint density at radius 1 is 1.18 bits per heavy atom. The molecule has 3 aromatic rings. The van der Waals surface area contributed by atoms with E-state index in [1.54, 1.807) is 0 Å². The predicted molar refractivity (Wildman–Crippen MR) is 128 cm³/mol. The number of primary amides is 1. The molecule has 9 heteroatoms. The third kappa shape index (κ3) is 4.83. The third-order valence-electron chi connectivity index (χ3n) is 6.10. The average Bonchev–Trinajstić information content (AvgIpc) is 3.42. The van der Waals surface area contributed by atoms with Crippen LogP contribution < -0.4 is 15.4 Å². The number of benzene rings is 1. The number of unbranched alkanes of at least 4 members (excludes halogenated alkanes) is 1. The van der Waals surface area contributed by atoms with E-state index in [1.807, 2.05) is 10.7 Å². The van der Waals surface area contributed by atoms with Gasteiger partial charge in [0.05, 0.1) is 37.1 Å². The third-order valence-corrected chi connectivity index (χ3v) is 6.10. The number of hydrogen-bond acceptors (Lipinski definition) is 6. The van der Waals surface area contributed by atoms with Crippen LogP contribution in [-0.4, -0.2) is 58.8 Å². The quantitative estimate of drug-likeness (QED) is 0.550. The van der Waals surface area contributed by atoms with Crippen molar-refractivity contribution in [2.75, 3.05) is 38.3 Å². The number of nitrogens with two attached hydrogens (primary N) is 1. The van der Waals surface area contributed by atoms with Crippen LogP contribution in [0.3, 0.4) is 0 Å². The monoisotopic (exact) mass is 454 g/mol. The Morgan fingerprint density at radius 2 is 1.94 bits per heavy atom. The summed E-state index contributed by atoms with van der Waals surface area (Å²) < 4.78 is 14.2. The maximum Gasteiger partial charge on any atom is 0.327 e. The molecule has 3 heterocycles. The number of rotatable bonds is 7. The standard InChI is InChI=1S/C24H34N6O3/c1-24(2,3)20-10-12-29(27-20)11-6-5-7-17-18(28-13-15-33-16-14-28)8-9-19-21(17)26-23(32-4)30(19)22(25)31/h8-10,12H,5-7,11,13-16H2,1-4H3,(H2,25,31). The molecule has 1 fully saturated rings. The number of aryl methyl sites for hydroxylation is 2. The second-order valence-corrected chi connectivity index (χ2v) is 9.47. The highest BCUT2D eigenvalue weighted by Gasteiger charge is 2.23. The number of amides is 1. The minimum Gasteiger partial charge on any atom is -0.468 e. The Kier molecular flexibility index (Phi) is 6.60. The van der Waals surface area contributed by atoms with Crippen LogP contribution in [0.4, 0.5) is 10.5 Å². The summed E-state index contributed by atoms with van der Waals surface area (Å²) in [6, 6.07) is 5.67. The summed E-state index contributed by atoms with van der Waals surface area (Å²) in [5.41, 5.74) is 10.5. The largest absolute Gasteiger partial charge is 0.468 e. The number of morpholine rings is 1. The second kappa shape index (κ2) is 9.43. The maximum absolute atomic E-state index is 12.1. The molecular formula is C24H34N6O3. The molecule has 0 radical (unpaired) electrons. The Balaban J connectivity index is 1.58. The van der Waals surface area contributed by atoms with Gasteiger partial charge in [0.2, 0.25) is 0 Å². The lowest BCUT2D eigenvalue weighted by atomic mass is 9.93. The molecule has 0 bridgehead atoms. The molecule has 0 aliphatic carbocycles. The molecule has 9 nitrogen and oxygen atoms in total. The number of ether oxygens (including phenoxy) is 2. The molecule has 0 saturated carbocycles. The van der Waals surface area contributed by atoms with Crippen molar-refractivity contribution < 1.29 is 14.3 Å². The molecule has 1 aromatic carbocycles. The molecule has 1 saturated heterocycles. The van der Waals surface area contributed by atoms with Crippen molar-refractivity contribution >= 4 is 22.8 Å². The van der Waals surface area contributed by atoms with Gasteiger partial charge in [0.15, 0.2) is 0 Å². The number of methoxy groups -OCH3 is 1. The van der Waals surface area contributed by atoms with Gasteiger partial charge in [-0.3, -0.25) is 4.68 Å². The molecule has 2 aromatic heterocycles. The summed E-state index contributed by atoms with van der Waals surface area (Å²) >= 11 is 0. The SMILES string of the molecule is COc1nc2c(CCCCn3ccc(C(C)(C)C)n3)c(N3CCOCC3)ccc2n1C(N)=O. The molecule has 0 unspecified atom stereocenters. The van der Waals surface area contributed by atoms with E-state index >= 15 is 0 Å². The van der Waals surface area contributed by atoms with Gasteiger partial charge in [-0.1, -0.05) is 20.8 Å². The fourth-order valence-electron chi connectivity index (χ4n) is 4.33. The summed E-state index contributed by atoms with van der Waals surface area (Å²) in [5, 5.41) is 4.72. The zero-order valence-electron chi connectivity index (χ0n) is 20.0. The molecule has 33 heavy (non-hydrogen) atoms. The van der Waals surface area contributed by atoms with Crippen LogP contribution in [0, 0.1) is 0 Å². The molecule has 1 aliphatic heterocycles. The Labute approximate surface area is 194 Å². The lowest BCUT2D eigenvalue weighted by molar-refractivity contribution is 0.122. The first-order valence-corrected chi connectivity index (χ1v) is 11.5. The molecular weight excluding hydrogens is 420 g/mol. The average molecular weight is 455 g/mol. The van der Waals surface area contributed by atoms with E-state index < -0.39 is 6.03 Å². The van der Waals surface area contributed by atoms with Crippen LogP contribution in [0.1, 0.15) is 44.9 Å².